The highest BCUT2D eigenvalue weighted by atomic mass is 35.5. The number of carbonyl (C=O) groups is 1. The van der Waals surface area contributed by atoms with E-state index >= 15 is 0 Å². The topological polar surface area (TPSA) is 71.7 Å². The van der Waals surface area contributed by atoms with Gasteiger partial charge in [0.05, 0.1) is 29.3 Å². The van der Waals surface area contributed by atoms with E-state index in [-0.39, 0.29) is 18.6 Å². The summed E-state index contributed by atoms with van der Waals surface area (Å²) in [6.45, 7) is 2.77. The van der Waals surface area contributed by atoms with E-state index in [1.807, 2.05) is 11.9 Å². The predicted molar refractivity (Wildman–Crippen MR) is 82.9 cm³/mol. The van der Waals surface area contributed by atoms with Gasteiger partial charge in [0.15, 0.2) is 0 Å². The summed E-state index contributed by atoms with van der Waals surface area (Å²) in [6, 6.07) is 1.68. The zero-order valence-corrected chi connectivity index (χ0v) is 13.3. The van der Waals surface area contributed by atoms with Crippen molar-refractivity contribution in [3.8, 4) is 0 Å². The highest BCUT2D eigenvalue weighted by Gasteiger charge is 2.24. The molecule has 0 aromatic carbocycles. The van der Waals surface area contributed by atoms with Crippen molar-refractivity contribution in [3.05, 3.63) is 22.3 Å². The minimum absolute atomic E-state index is 0.0309. The number of anilines is 1. The van der Waals surface area contributed by atoms with E-state index in [0.29, 0.717) is 42.1 Å². The molecule has 1 aromatic heterocycles. The highest BCUT2D eigenvalue weighted by Crippen LogP contribution is 2.27. The Balaban J connectivity index is 1.98. The molecule has 0 radical (unpaired) electrons. The Hall–Kier alpha value is -1.08. The van der Waals surface area contributed by atoms with Crippen molar-refractivity contribution < 1.29 is 9.53 Å². The molecule has 0 aliphatic carbocycles. The van der Waals surface area contributed by atoms with Crippen LogP contribution in [0.25, 0.3) is 0 Å². The van der Waals surface area contributed by atoms with Crippen LogP contribution in [-0.4, -0.2) is 61.7 Å². The number of hydrogen-bond acceptors (Lipinski definition) is 5. The summed E-state index contributed by atoms with van der Waals surface area (Å²) < 4.78 is 5.71. The summed E-state index contributed by atoms with van der Waals surface area (Å²) in [5.74, 6) is 0.347. The van der Waals surface area contributed by atoms with Crippen molar-refractivity contribution >= 4 is 34.9 Å². The molecule has 21 heavy (non-hydrogen) atoms. The average molecular weight is 333 g/mol. The van der Waals surface area contributed by atoms with Crippen LogP contribution in [0.5, 0.6) is 0 Å². The summed E-state index contributed by atoms with van der Waals surface area (Å²) in [7, 11) is 1.83. The van der Waals surface area contributed by atoms with E-state index in [9.17, 15) is 4.79 Å². The molecule has 0 saturated carbocycles. The third-order valence-electron chi connectivity index (χ3n) is 3.17. The Morgan fingerprint density at radius 3 is 3.05 bits per heavy atom. The fraction of sp³-hybridized carbons (Fsp3) is 0.538. The molecule has 1 unspecified atom stereocenters. The van der Waals surface area contributed by atoms with E-state index in [2.05, 4.69) is 9.88 Å². The number of halogens is 2. The van der Waals surface area contributed by atoms with E-state index in [1.54, 1.807) is 12.3 Å². The van der Waals surface area contributed by atoms with Crippen LogP contribution in [0.3, 0.4) is 0 Å². The van der Waals surface area contributed by atoms with Crippen LogP contribution in [0, 0.1) is 0 Å². The first kappa shape index (κ1) is 16.3. The van der Waals surface area contributed by atoms with Crippen molar-refractivity contribution in [2.45, 2.75) is 6.10 Å². The van der Waals surface area contributed by atoms with Gasteiger partial charge in [-0.1, -0.05) is 23.2 Å². The van der Waals surface area contributed by atoms with Gasteiger partial charge in [-0.3, -0.25) is 9.69 Å². The maximum Gasteiger partial charge on any atom is 0.231 e. The van der Waals surface area contributed by atoms with Crippen molar-refractivity contribution in [1.82, 2.24) is 9.88 Å². The normalized spacial score (nSPS) is 19.0. The minimum Gasteiger partial charge on any atom is -0.373 e. The molecule has 1 amide bonds. The van der Waals surface area contributed by atoms with Gasteiger partial charge in [0.1, 0.15) is 5.82 Å². The maximum atomic E-state index is 10.9. The number of morpholine rings is 1. The number of hydrogen-bond donors (Lipinski definition) is 1. The Labute approximate surface area is 133 Å². The molecule has 2 rings (SSSR count). The molecule has 1 aliphatic rings. The molecule has 1 saturated heterocycles. The number of nitrogens with zero attached hydrogens (tertiary/aromatic N) is 3. The summed E-state index contributed by atoms with van der Waals surface area (Å²) in [5, 5.41) is 1.03. The van der Waals surface area contributed by atoms with Gasteiger partial charge in [-0.05, 0) is 13.1 Å². The molecular formula is C13H18Cl2N4O2. The Morgan fingerprint density at radius 1 is 1.62 bits per heavy atom. The van der Waals surface area contributed by atoms with Crippen LogP contribution in [-0.2, 0) is 9.53 Å². The van der Waals surface area contributed by atoms with Crippen molar-refractivity contribution in [3.63, 3.8) is 0 Å². The third kappa shape index (κ3) is 4.71. The lowest BCUT2D eigenvalue weighted by Gasteiger charge is -2.35. The number of carbonyl (C=O) groups excluding carboxylic acids is 1. The molecule has 116 valence electrons. The van der Waals surface area contributed by atoms with E-state index < -0.39 is 0 Å². The number of primary amides is 1. The summed E-state index contributed by atoms with van der Waals surface area (Å²) in [4.78, 5) is 19.1. The van der Waals surface area contributed by atoms with Crippen molar-refractivity contribution in [2.75, 3.05) is 44.7 Å². The Morgan fingerprint density at radius 2 is 2.38 bits per heavy atom. The van der Waals surface area contributed by atoms with Crippen molar-refractivity contribution in [2.24, 2.45) is 5.73 Å². The first-order valence-electron chi connectivity index (χ1n) is 6.60. The lowest BCUT2D eigenvalue weighted by Crippen LogP contribution is -2.48. The molecule has 1 atom stereocenters. The van der Waals surface area contributed by atoms with Crippen LogP contribution >= 0.6 is 23.2 Å². The summed E-state index contributed by atoms with van der Waals surface area (Å²) in [6.07, 6.45) is 1.54. The lowest BCUT2D eigenvalue weighted by atomic mass is 10.2. The van der Waals surface area contributed by atoms with Gasteiger partial charge in [0.2, 0.25) is 5.91 Å². The van der Waals surface area contributed by atoms with Gasteiger partial charge in [-0.15, -0.1) is 0 Å². The SMILES string of the molecule is CN(CC(N)=O)CC1CN(c2ncc(Cl)cc2Cl)CCO1. The molecule has 1 aromatic rings. The smallest absolute Gasteiger partial charge is 0.231 e. The Kier molecular flexibility index (Phi) is 5.64. The van der Waals surface area contributed by atoms with Crippen LogP contribution < -0.4 is 10.6 Å². The monoisotopic (exact) mass is 332 g/mol. The number of likely N-dealkylation sites (N-methyl/N-ethyl adjacent to an activating group) is 1. The van der Waals surface area contributed by atoms with Gasteiger partial charge in [-0.25, -0.2) is 4.98 Å². The number of amides is 1. The van der Waals surface area contributed by atoms with Crippen LogP contribution in [0.1, 0.15) is 0 Å². The highest BCUT2D eigenvalue weighted by molar-refractivity contribution is 6.36. The van der Waals surface area contributed by atoms with E-state index in [4.69, 9.17) is 33.7 Å². The molecule has 1 aliphatic heterocycles. The second-order valence-corrected chi connectivity index (χ2v) is 5.90. The number of nitrogens with two attached hydrogens (primary N) is 1. The molecule has 0 bridgehead atoms. The molecule has 2 heterocycles. The largest absolute Gasteiger partial charge is 0.373 e. The average Bonchev–Trinajstić information content (AvgIpc) is 2.37. The van der Waals surface area contributed by atoms with Crippen LogP contribution in [0.4, 0.5) is 5.82 Å². The van der Waals surface area contributed by atoms with Gasteiger partial charge < -0.3 is 15.4 Å². The van der Waals surface area contributed by atoms with Crippen molar-refractivity contribution in [1.29, 1.82) is 0 Å². The van der Waals surface area contributed by atoms with Gasteiger partial charge in [0, 0.05) is 25.8 Å². The summed E-state index contributed by atoms with van der Waals surface area (Å²) >= 11 is 12.0. The molecular weight excluding hydrogens is 315 g/mol. The number of rotatable bonds is 5. The number of aromatic nitrogens is 1. The molecule has 1 fully saturated rings. The lowest BCUT2D eigenvalue weighted by molar-refractivity contribution is -0.119. The van der Waals surface area contributed by atoms with E-state index in [0.717, 1.165) is 0 Å². The number of pyridine rings is 1. The minimum atomic E-state index is -0.354. The fourth-order valence-electron chi connectivity index (χ4n) is 2.34. The fourth-order valence-corrected chi connectivity index (χ4v) is 2.84. The van der Waals surface area contributed by atoms with Gasteiger partial charge >= 0.3 is 0 Å². The Bertz CT molecular complexity index is 515. The zero-order chi connectivity index (χ0) is 15.4. The zero-order valence-electron chi connectivity index (χ0n) is 11.8. The molecule has 6 nitrogen and oxygen atoms in total. The van der Waals surface area contributed by atoms with Crippen LogP contribution in [0.15, 0.2) is 12.3 Å². The first-order valence-corrected chi connectivity index (χ1v) is 7.35. The second kappa shape index (κ2) is 7.26. The standard InChI is InChI=1S/C13H18Cl2N4O2/c1-18(8-12(16)20)6-10-7-19(2-3-21-10)13-11(15)4-9(14)5-17-13/h4-5,10H,2-3,6-8H2,1H3,(H2,16,20). The molecule has 0 spiro atoms. The summed E-state index contributed by atoms with van der Waals surface area (Å²) in [5.41, 5.74) is 5.18. The van der Waals surface area contributed by atoms with Crippen LogP contribution in [0.2, 0.25) is 10.0 Å². The first-order chi connectivity index (χ1) is 9.95. The molecule has 8 heteroatoms. The second-order valence-electron chi connectivity index (χ2n) is 5.06. The number of ether oxygens (including phenoxy) is 1. The van der Waals surface area contributed by atoms with Gasteiger partial charge in [0.25, 0.3) is 0 Å². The van der Waals surface area contributed by atoms with E-state index in [1.165, 1.54) is 0 Å². The quantitative estimate of drug-likeness (QED) is 0.871. The molecule has 2 N–H and O–H groups in total. The third-order valence-corrected chi connectivity index (χ3v) is 3.65. The van der Waals surface area contributed by atoms with Gasteiger partial charge in [-0.2, -0.15) is 0 Å². The predicted octanol–water partition coefficient (Wildman–Crippen LogP) is 1.01. The maximum absolute atomic E-state index is 10.9.